The fraction of sp³-hybridized carbons (Fsp3) is 0.0714. The fourth-order valence-corrected chi connectivity index (χ4v) is 3.63. The predicted molar refractivity (Wildman–Crippen MR) is 77.9 cm³/mol. The first kappa shape index (κ1) is 13.9. The first-order chi connectivity index (χ1) is 8.90. The van der Waals surface area contributed by atoms with Crippen LogP contribution in [0.25, 0.3) is 0 Å². The molecule has 0 bridgehead atoms. The van der Waals surface area contributed by atoms with Gasteiger partial charge in [0.25, 0.3) is 10.0 Å². The summed E-state index contributed by atoms with van der Waals surface area (Å²) in [6.07, 6.45) is 0. The van der Waals surface area contributed by atoms with Crippen LogP contribution in [-0.2, 0) is 10.0 Å². The molecular weight excluding hydrogens is 282 g/mol. The predicted octanol–water partition coefficient (Wildman–Crippen LogP) is 3.63. The maximum Gasteiger partial charge on any atom is 0.263 e. The topological polar surface area (TPSA) is 46.2 Å². The van der Waals surface area contributed by atoms with E-state index in [0.717, 1.165) is 5.56 Å². The zero-order valence-corrected chi connectivity index (χ0v) is 11.9. The fourth-order valence-electron chi connectivity index (χ4n) is 1.74. The molecule has 0 fully saturated rings. The Kier molecular flexibility index (Phi) is 3.83. The normalized spacial score (nSPS) is 11.3. The van der Waals surface area contributed by atoms with Crippen LogP contribution in [0.15, 0.2) is 47.4 Å². The van der Waals surface area contributed by atoms with Gasteiger partial charge in [0, 0.05) is 5.69 Å². The highest BCUT2D eigenvalue weighted by atomic mass is 35.5. The van der Waals surface area contributed by atoms with Crippen molar-refractivity contribution in [2.45, 2.75) is 11.8 Å². The quantitative estimate of drug-likeness (QED) is 0.939. The summed E-state index contributed by atoms with van der Waals surface area (Å²) >= 11 is 5.98. The molecule has 0 aliphatic rings. The van der Waals surface area contributed by atoms with E-state index in [1.165, 1.54) is 0 Å². The second kappa shape index (κ2) is 5.23. The smallest absolute Gasteiger partial charge is 0.263 e. The van der Waals surface area contributed by atoms with Crippen LogP contribution < -0.4 is 4.72 Å². The summed E-state index contributed by atoms with van der Waals surface area (Å²) in [6.45, 7) is 5.45. The lowest BCUT2D eigenvalue weighted by molar-refractivity contribution is 0.600. The highest BCUT2D eigenvalue weighted by Gasteiger charge is 2.20. The zero-order valence-electron chi connectivity index (χ0n) is 10.4. The van der Waals surface area contributed by atoms with Crippen LogP contribution in [0.4, 0.5) is 5.69 Å². The number of benzene rings is 2. The Labute approximate surface area is 118 Å². The van der Waals surface area contributed by atoms with Crippen molar-refractivity contribution in [3.05, 3.63) is 65.5 Å². The van der Waals surface area contributed by atoms with E-state index in [0.29, 0.717) is 11.3 Å². The van der Waals surface area contributed by atoms with Crippen LogP contribution in [0.1, 0.15) is 11.1 Å². The van der Waals surface area contributed by atoms with Gasteiger partial charge >= 0.3 is 0 Å². The molecule has 19 heavy (non-hydrogen) atoms. The van der Waals surface area contributed by atoms with E-state index in [1.54, 1.807) is 49.4 Å². The molecule has 3 nitrogen and oxygen atoms in total. The lowest BCUT2D eigenvalue weighted by atomic mass is 10.2. The molecule has 2 rings (SSSR count). The molecule has 0 heterocycles. The average molecular weight is 295 g/mol. The van der Waals surface area contributed by atoms with Crippen molar-refractivity contribution in [3.63, 3.8) is 0 Å². The van der Waals surface area contributed by atoms with Gasteiger partial charge in [0.1, 0.15) is 4.90 Å². The van der Waals surface area contributed by atoms with Gasteiger partial charge in [0.2, 0.25) is 0 Å². The first-order valence-electron chi connectivity index (χ1n) is 5.60. The van der Waals surface area contributed by atoms with Crippen LogP contribution in [0.5, 0.6) is 0 Å². The van der Waals surface area contributed by atoms with Crippen molar-refractivity contribution in [2.75, 3.05) is 4.72 Å². The van der Waals surface area contributed by atoms with Crippen LogP contribution in [-0.4, -0.2) is 8.42 Å². The Morgan fingerprint density at radius 3 is 2.32 bits per heavy atom. The minimum absolute atomic E-state index is 0.107. The maximum absolute atomic E-state index is 12.3. The summed E-state index contributed by atoms with van der Waals surface area (Å²) in [5, 5.41) is 0.210. The van der Waals surface area contributed by atoms with Gasteiger partial charge in [-0.3, -0.25) is 4.72 Å². The van der Waals surface area contributed by atoms with E-state index in [9.17, 15) is 8.42 Å². The first-order valence-corrected chi connectivity index (χ1v) is 7.46. The standard InChI is InChI=1S/C14H13ClNO2S/c1-10-6-8-12(9-7-10)16-19(17,18)14-11(2)4-3-5-13(14)15/h3-9,16H,1H2,2H3. The molecular formula is C14H13ClNO2S. The highest BCUT2D eigenvalue weighted by Crippen LogP contribution is 2.26. The van der Waals surface area contributed by atoms with Crippen molar-refractivity contribution < 1.29 is 8.42 Å². The molecule has 1 radical (unpaired) electrons. The molecule has 0 aliphatic heterocycles. The van der Waals surface area contributed by atoms with Crippen molar-refractivity contribution in [2.24, 2.45) is 0 Å². The van der Waals surface area contributed by atoms with Gasteiger partial charge in [-0.1, -0.05) is 35.9 Å². The van der Waals surface area contributed by atoms with Crippen LogP contribution in [0.2, 0.25) is 5.02 Å². The molecule has 0 atom stereocenters. The summed E-state index contributed by atoms with van der Waals surface area (Å²) < 4.78 is 27.1. The Morgan fingerprint density at radius 2 is 1.74 bits per heavy atom. The lowest BCUT2D eigenvalue weighted by Gasteiger charge is -2.11. The number of aryl methyl sites for hydroxylation is 1. The summed E-state index contributed by atoms with van der Waals surface area (Å²) in [6, 6.07) is 11.8. The Morgan fingerprint density at radius 1 is 1.11 bits per heavy atom. The molecule has 2 aromatic carbocycles. The number of rotatable bonds is 3. The highest BCUT2D eigenvalue weighted by molar-refractivity contribution is 7.92. The van der Waals surface area contributed by atoms with Crippen molar-refractivity contribution in [3.8, 4) is 0 Å². The van der Waals surface area contributed by atoms with Gasteiger partial charge in [0.15, 0.2) is 0 Å². The molecule has 99 valence electrons. The van der Waals surface area contributed by atoms with Gasteiger partial charge in [-0.25, -0.2) is 8.42 Å². The van der Waals surface area contributed by atoms with Crippen LogP contribution in [0, 0.1) is 13.8 Å². The Bertz CT molecular complexity index is 674. The third kappa shape index (κ3) is 3.08. The van der Waals surface area contributed by atoms with E-state index >= 15 is 0 Å². The van der Waals surface area contributed by atoms with Gasteiger partial charge in [-0.2, -0.15) is 0 Å². The molecule has 0 saturated heterocycles. The minimum Gasteiger partial charge on any atom is -0.280 e. The molecule has 2 aromatic rings. The Hall–Kier alpha value is -1.52. The SMILES string of the molecule is [CH2]c1ccc(NS(=O)(=O)c2c(C)cccc2Cl)cc1. The number of anilines is 1. The molecule has 0 aromatic heterocycles. The second-order valence-corrected chi connectivity index (χ2v) is 6.21. The third-order valence-corrected chi connectivity index (χ3v) is 4.65. The molecule has 0 aliphatic carbocycles. The summed E-state index contributed by atoms with van der Waals surface area (Å²) in [5.41, 5.74) is 1.90. The van der Waals surface area contributed by atoms with Gasteiger partial charge in [-0.15, -0.1) is 0 Å². The third-order valence-electron chi connectivity index (χ3n) is 2.64. The molecule has 0 amide bonds. The molecule has 0 unspecified atom stereocenters. The van der Waals surface area contributed by atoms with E-state index in [-0.39, 0.29) is 9.92 Å². The van der Waals surface area contributed by atoms with E-state index in [2.05, 4.69) is 11.6 Å². The summed E-state index contributed by atoms with van der Waals surface area (Å²) in [5.74, 6) is 0. The van der Waals surface area contributed by atoms with Crippen molar-refractivity contribution in [1.29, 1.82) is 0 Å². The lowest BCUT2D eigenvalue weighted by Crippen LogP contribution is -2.14. The van der Waals surface area contributed by atoms with E-state index in [4.69, 9.17) is 11.6 Å². The maximum atomic E-state index is 12.3. The van der Waals surface area contributed by atoms with Gasteiger partial charge < -0.3 is 0 Å². The average Bonchev–Trinajstić information content (AvgIpc) is 2.31. The molecule has 0 saturated carbocycles. The van der Waals surface area contributed by atoms with Gasteiger partial charge in [0.05, 0.1) is 5.02 Å². The Balaban J connectivity index is 2.41. The largest absolute Gasteiger partial charge is 0.280 e. The minimum atomic E-state index is -3.69. The molecule has 0 spiro atoms. The summed E-state index contributed by atoms with van der Waals surface area (Å²) in [7, 11) is -3.69. The number of hydrogen-bond donors (Lipinski definition) is 1. The van der Waals surface area contributed by atoms with Gasteiger partial charge in [-0.05, 0) is 43.2 Å². The van der Waals surface area contributed by atoms with Crippen molar-refractivity contribution >= 4 is 27.3 Å². The van der Waals surface area contributed by atoms with Crippen LogP contribution >= 0.6 is 11.6 Å². The molecule has 5 heteroatoms. The monoisotopic (exact) mass is 294 g/mol. The zero-order chi connectivity index (χ0) is 14.0. The van der Waals surface area contributed by atoms with E-state index < -0.39 is 10.0 Å². The van der Waals surface area contributed by atoms with Crippen molar-refractivity contribution in [1.82, 2.24) is 0 Å². The number of hydrogen-bond acceptors (Lipinski definition) is 2. The molecule has 1 N–H and O–H groups in total. The summed E-state index contributed by atoms with van der Waals surface area (Å²) in [4.78, 5) is 0.107. The number of sulfonamides is 1. The second-order valence-electron chi connectivity index (χ2n) is 4.19. The van der Waals surface area contributed by atoms with Crippen LogP contribution in [0.3, 0.4) is 0 Å². The number of halogens is 1. The number of nitrogens with one attached hydrogen (secondary N) is 1. The van der Waals surface area contributed by atoms with E-state index in [1.807, 2.05) is 0 Å².